The zero-order valence-electron chi connectivity index (χ0n) is 11.9. The van der Waals surface area contributed by atoms with Gasteiger partial charge in [-0.15, -0.1) is 12.4 Å². The van der Waals surface area contributed by atoms with Gasteiger partial charge in [0.05, 0.1) is 11.6 Å². The molecule has 1 unspecified atom stereocenters. The molecule has 0 aromatic carbocycles. The van der Waals surface area contributed by atoms with Gasteiger partial charge in [0.25, 0.3) is 5.89 Å². The van der Waals surface area contributed by atoms with Crippen molar-refractivity contribution in [3.05, 3.63) is 23.7 Å². The van der Waals surface area contributed by atoms with Crippen LogP contribution in [0.4, 0.5) is 0 Å². The Balaban J connectivity index is 0.00000161. The monoisotopic (exact) mass is 308 g/mol. The summed E-state index contributed by atoms with van der Waals surface area (Å²) in [5.74, 6) is 1.12. The highest BCUT2D eigenvalue weighted by Gasteiger charge is 2.26. The first kappa shape index (κ1) is 15.5. The van der Waals surface area contributed by atoms with Gasteiger partial charge < -0.3 is 14.4 Å². The minimum absolute atomic E-state index is 0. The Hall–Kier alpha value is -1.88. The van der Waals surface area contributed by atoms with Crippen molar-refractivity contribution in [3.63, 3.8) is 0 Å². The largest absolute Gasteiger partial charge is 0.345 e. The van der Waals surface area contributed by atoms with Gasteiger partial charge in [0.15, 0.2) is 5.82 Å². The van der Waals surface area contributed by atoms with Gasteiger partial charge in [-0.25, -0.2) is 0 Å². The number of aryl methyl sites for hydroxylation is 1. The fourth-order valence-electron chi connectivity index (χ4n) is 2.41. The first-order valence-electron chi connectivity index (χ1n) is 6.50. The van der Waals surface area contributed by atoms with Crippen LogP contribution in [0.25, 0.3) is 11.6 Å². The summed E-state index contributed by atoms with van der Waals surface area (Å²) in [4.78, 5) is 6.68. The lowest BCUT2D eigenvalue weighted by Gasteiger charge is -2.30. The fraction of sp³-hybridized carbons (Fsp3) is 0.462. The number of nitrogens with zero attached hydrogens (tertiary/aromatic N) is 5. The second-order valence-electron chi connectivity index (χ2n) is 4.99. The van der Waals surface area contributed by atoms with Crippen LogP contribution < -0.4 is 5.32 Å². The Morgan fingerprint density at radius 1 is 1.48 bits per heavy atom. The van der Waals surface area contributed by atoms with Crippen molar-refractivity contribution in [2.75, 3.05) is 26.7 Å². The lowest BCUT2D eigenvalue weighted by molar-refractivity contribution is 0.190. The summed E-state index contributed by atoms with van der Waals surface area (Å²) in [6.07, 6.45) is 1.74. The molecule has 7 nitrogen and oxygen atoms in total. The topological polar surface area (TPSA) is 82.9 Å². The summed E-state index contributed by atoms with van der Waals surface area (Å²) in [5.41, 5.74) is 1.34. The van der Waals surface area contributed by atoms with E-state index in [1.54, 1.807) is 12.3 Å². The Labute approximate surface area is 128 Å². The molecular weight excluding hydrogens is 292 g/mol. The predicted octanol–water partition coefficient (Wildman–Crippen LogP) is 0.945. The Morgan fingerprint density at radius 3 is 2.95 bits per heavy atom. The Kier molecular flexibility index (Phi) is 4.63. The molecule has 3 heterocycles. The second-order valence-corrected chi connectivity index (χ2v) is 4.99. The number of likely N-dealkylation sites (N-methyl/N-ethyl adjacent to an activating group) is 1. The van der Waals surface area contributed by atoms with Crippen LogP contribution in [0.15, 0.2) is 16.8 Å². The number of nitriles is 1. The lowest BCUT2D eigenvalue weighted by Crippen LogP contribution is -2.44. The highest BCUT2D eigenvalue weighted by Crippen LogP contribution is 2.23. The number of nitrogens with one attached hydrogen (secondary N) is 1. The van der Waals surface area contributed by atoms with E-state index in [4.69, 9.17) is 9.78 Å². The van der Waals surface area contributed by atoms with Gasteiger partial charge in [-0.05, 0) is 13.1 Å². The highest BCUT2D eigenvalue weighted by molar-refractivity contribution is 5.85. The third kappa shape index (κ3) is 2.93. The number of hydrogen-bond acceptors (Lipinski definition) is 6. The molecule has 1 atom stereocenters. The minimum atomic E-state index is 0. The number of rotatable bonds is 2. The van der Waals surface area contributed by atoms with Crippen LogP contribution in [0.3, 0.4) is 0 Å². The van der Waals surface area contributed by atoms with Gasteiger partial charge in [-0.3, -0.25) is 4.90 Å². The molecule has 2 aromatic rings. The van der Waals surface area contributed by atoms with E-state index in [9.17, 15) is 0 Å². The molecule has 0 radical (unpaired) electrons. The fourth-order valence-corrected chi connectivity index (χ4v) is 2.41. The summed E-state index contributed by atoms with van der Waals surface area (Å²) in [5, 5.41) is 16.3. The maximum atomic E-state index is 8.92. The van der Waals surface area contributed by atoms with E-state index >= 15 is 0 Å². The normalized spacial score (nSPS) is 19.0. The second kappa shape index (κ2) is 6.26. The number of aromatic nitrogens is 3. The molecule has 1 aliphatic heterocycles. The average molecular weight is 309 g/mol. The molecular formula is C13H17ClN6O. The molecule has 2 aromatic heterocycles. The van der Waals surface area contributed by atoms with Gasteiger partial charge in [0.2, 0.25) is 0 Å². The van der Waals surface area contributed by atoms with Gasteiger partial charge in [-0.1, -0.05) is 5.16 Å². The third-order valence-corrected chi connectivity index (χ3v) is 3.60. The van der Waals surface area contributed by atoms with E-state index in [1.807, 2.05) is 11.6 Å². The first-order valence-corrected chi connectivity index (χ1v) is 6.50. The molecule has 21 heavy (non-hydrogen) atoms. The third-order valence-electron chi connectivity index (χ3n) is 3.60. The molecule has 0 bridgehead atoms. The van der Waals surface area contributed by atoms with Crippen LogP contribution in [0.2, 0.25) is 0 Å². The van der Waals surface area contributed by atoms with Crippen LogP contribution in [-0.4, -0.2) is 46.3 Å². The van der Waals surface area contributed by atoms with Gasteiger partial charge >= 0.3 is 0 Å². The predicted molar refractivity (Wildman–Crippen MR) is 78.9 cm³/mol. The summed E-state index contributed by atoms with van der Waals surface area (Å²) in [6.45, 7) is 2.74. The average Bonchev–Trinajstić information content (AvgIpc) is 3.05. The van der Waals surface area contributed by atoms with Crippen LogP contribution in [0, 0.1) is 11.3 Å². The zero-order valence-corrected chi connectivity index (χ0v) is 12.7. The van der Waals surface area contributed by atoms with Crippen LogP contribution >= 0.6 is 12.4 Å². The van der Waals surface area contributed by atoms with Gasteiger partial charge in [0.1, 0.15) is 11.8 Å². The Bertz CT molecular complexity index is 658. The standard InChI is InChI=1S/C13H16N6O.ClH/c1-18-4-3-15-7-11(18)12-16-13(20-17-12)10-5-9(6-14)8-19(10)2;/h5,8,11,15H,3-4,7H2,1-2H3;1H. The summed E-state index contributed by atoms with van der Waals surface area (Å²) in [6, 6.07) is 3.98. The first-order chi connectivity index (χ1) is 9.69. The van der Waals surface area contributed by atoms with E-state index in [2.05, 4.69) is 33.5 Å². The molecule has 1 saturated heterocycles. The Morgan fingerprint density at radius 2 is 2.29 bits per heavy atom. The van der Waals surface area contributed by atoms with Crippen LogP contribution in [-0.2, 0) is 7.05 Å². The molecule has 1 aliphatic rings. The molecule has 3 rings (SSSR count). The maximum absolute atomic E-state index is 8.92. The summed E-state index contributed by atoms with van der Waals surface area (Å²) < 4.78 is 7.16. The molecule has 0 aliphatic carbocycles. The van der Waals surface area contributed by atoms with Crippen molar-refractivity contribution in [2.45, 2.75) is 6.04 Å². The minimum Gasteiger partial charge on any atom is -0.345 e. The smallest absolute Gasteiger partial charge is 0.274 e. The van der Waals surface area contributed by atoms with Gasteiger partial charge in [0, 0.05) is 32.9 Å². The molecule has 1 fully saturated rings. The maximum Gasteiger partial charge on any atom is 0.274 e. The zero-order chi connectivity index (χ0) is 14.1. The number of halogens is 1. The van der Waals surface area contributed by atoms with Crippen molar-refractivity contribution >= 4 is 12.4 Å². The van der Waals surface area contributed by atoms with Crippen molar-refractivity contribution in [2.24, 2.45) is 7.05 Å². The van der Waals surface area contributed by atoms with E-state index < -0.39 is 0 Å². The van der Waals surface area contributed by atoms with E-state index in [0.717, 1.165) is 25.3 Å². The van der Waals surface area contributed by atoms with Crippen molar-refractivity contribution in [1.29, 1.82) is 5.26 Å². The van der Waals surface area contributed by atoms with Crippen molar-refractivity contribution in [1.82, 2.24) is 24.9 Å². The molecule has 0 saturated carbocycles. The highest BCUT2D eigenvalue weighted by atomic mass is 35.5. The quantitative estimate of drug-likeness (QED) is 0.889. The number of piperazine rings is 1. The molecule has 1 N–H and O–H groups in total. The van der Waals surface area contributed by atoms with Crippen LogP contribution in [0.5, 0.6) is 0 Å². The van der Waals surface area contributed by atoms with Crippen molar-refractivity contribution < 1.29 is 4.52 Å². The van der Waals surface area contributed by atoms with E-state index in [1.165, 1.54) is 0 Å². The van der Waals surface area contributed by atoms with E-state index in [-0.39, 0.29) is 18.4 Å². The lowest BCUT2D eigenvalue weighted by atomic mass is 10.2. The van der Waals surface area contributed by atoms with Crippen LogP contribution in [0.1, 0.15) is 17.4 Å². The molecule has 112 valence electrons. The molecule has 0 spiro atoms. The SMILES string of the molecule is CN1CCNCC1c1noc(-c2cc(C#N)cn2C)n1.Cl. The van der Waals surface area contributed by atoms with E-state index in [0.29, 0.717) is 17.3 Å². The van der Waals surface area contributed by atoms with Crippen molar-refractivity contribution in [3.8, 4) is 17.7 Å². The number of hydrogen-bond donors (Lipinski definition) is 1. The summed E-state index contributed by atoms with van der Waals surface area (Å²) in [7, 11) is 3.91. The van der Waals surface area contributed by atoms with Gasteiger partial charge in [-0.2, -0.15) is 10.2 Å². The molecule has 8 heteroatoms. The molecule has 0 amide bonds. The summed E-state index contributed by atoms with van der Waals surface area (Å²) >= 11 is 0.